The minimum absolute atomic E-state index is 0.319. The van der Waals surface area contributed by atoms with Gasteiger partial charge in [-0.05, 0) is 57.0 Å². The van der Waals surface area contributed by atoms with Gasteiger partial charge in [0, 0.05) is 12.6 Å². The van der Waals surface area contributed by atoms with Crippen molar-refractivity contribution in [1.29, 1.82) is 5.26 Å². The van der Waals surface area contributed by atoms with Crippen LogP contribution in [0.3, 0.4) is 0 Å². The lowest BCUT2D eigenvalue weighted by atomic mass is 9.85. The topological polar surface area (TPSA) is 62.9 Å². The maximum Gasteiger partial charge on any atom is 0.218 e. The molecule has 1 aliphatic carbocycles. The zero-order valence-electron chi connectivity index (χ0n) is 15.0. The lowest BCUT2D eigenvalue weighted by molar-refractivity contribution is 0.234. The van der Waals surface area contributed by atoms with Crippen LogP contribution >= 0.6 is 0 Å². The molecular formula is C20H26N4O. The SMILES string of the molecule is CNCc1cc(Oc2ccc(C#N)cc2)n(C(C)C2CCCCC2)n1. The number of hydrogen-bond donors (Lipinski definition) is 1. The molecule has 0 saturated heterocycles. The molecule has 0 spiro atoms. The number of benzene rings is 1. The summed E-state index contributed by atoms with van der Waals surface area (Å²) in [5.41, 5.74) is 1.61. The van der Waals surface area contributed by atoms with Crippen LogP contribution in [0.15, 0.2) is 30.3 Å². The third-order valence-electron chi connectivity index (χ3n) is 5.03. The second-order valence-electron chi connectivity index (χ2n) is 6.83. The van der Waals surface area contributed by atoms with E-state index in [0.717, 1.165) is 17.3 Å². The van der Waals surface area contributed by atoms with Crippen LogP contribution in [0, 0.1) is 17.2 Å². The predicted molar refractivity (Wildman–Crippen MR) is 97.5 cm³/mol. The van der Waals surface area contributed by atoms with Crippen molar-refractivity contribution in [3.63, 3.8) is 0 Å². The Morgan fingerprint density at radius 2 is 2.00 bits per heavy atom. The van der Waals surface area contributed by atoms with Gasteiger partial charge in [0.15, 0.2) is 0 Å². The number of rotatable bonds is 6. The summed E-state index contributed by atoms with van der Waals surface area (Å²) < 4.78 is 8.15. The molecule has 1 heterocycles. The molecule has 5 heteroatoms. The van der Waals surface area contributed by atoms with Crippen molar-refractivity contribution in [2.45, 2.75) is 51.6 Å². The number of aromatic nitrogens is 2. The van der Waals surface area contributed by atoms with Gasteiger partial charge in [0.2, 0.25) is 5.88 Å². The summed E-state index contributed by atoms with van der Waals surface area (Å²) >= 11 is 0. The van der Waals surface area contributed by atoms with E-state index in [1.165, 1.54) is 32.1 Å². The van der Waals surface area contributed by atoms with E-state index in [1.54, 1.807) is 12.1 Å². The van der Waals surface area contributed by atoms with Gasteiger partial charge in [-0.1, -0.05) is 19.3 Å². The summed E-state index contributed by atoms with van der Waals surface area (Å²) in [5.74, 6) is 2.15. The van der Waals surface area contributed by atoms with E-state index in [0.29, 0.717) is 24.1 Å². The van der Waals surface area contributed by atoms with E-state index < -0.39 is 0 Å². The molecule has 2 aromatic rings. The van der Waals surface area contributed by atoms with Crippen molar-refractivity contribution in [2.75, 3.05) is 7.05 Å². The number of hydrogen-bond acceptors (Lipinski definition) is 4. The van der Waals surface area contributed by atoms with Crippen molar-refractivity contribution in [3.8, 4) is 17.7 Å². The van der Waals surface area contributed by atoms with Crippen molar-refractivity contribution in [2.24, 2.45) is 5.92 Å². The largest absolute Gasteiger partial charge is 0.439 e. The Morgan fingerprint density at radius 1 is 1.28 bits per heavy atom. The Kier molecular flexibility index (Phi) is 5.72. The number of nitriles is 1. The van der Waals surface area contributed by atoms with Crippen LogP contribution in [0.5, 0.6) is 11.6 Å². The van der Waals surface area contributed by atoms with Gasteiger partial charge in [-0.3, -0.25) is 0 Å². The standard InChI is InChI=1S/C20H26N4O/c1-15(17-6-4-3-5-7-17)24-20(12-18(23-24)14-22-2)25-19-10-8-16(13-21)9-11-19/h8-12,15,17,22H,3-7,14H2,1-2H3. The van der Waals surface area contributed by atoms with E-state index in [1.807, 2.05) is 29.9 Å². The number of nitrogens with one attached hydrogen (secondary N) is 1. The third kappa shape index (κ3) is 4.21. The first-order valence-electron chi connectivity index (χ1n) is 9.12. The summed E-state index contributed by atoms with van der Waals surface area (Å²) in [4.78, 5) is 0. The molecule has 1 aromatic heterocycles. The van der Waals surface area contributed by atoms with E-state index in [-0.39, 0.29) is 0 Å². The quantitative estimate of drug-likeness (QED) is 0.847. The monoisotopic (exact) mass is 338 g/mol. The van der Waals surface area contributed by atoms with Gasteiger partial charge in [0.25, 0.3) is 0 Å². The normalized spacial score (nSPS) is 16.4. The van der Waals surface area contributed by atoms with Gasteiger partial charge in [-0.15, -0.1) is 0 Å². The molecule has 132 valence electrons. The second kappa shape index (κ2) is 8.17. The first-order chi connectivity index (χ1) is 12.2. The summed E-state index contributed by atoms with van der Waals surface area (Å²) in [7, 11) is 1.92. The highest BCUT2D eigenvalue weighted by Gasteiger charge is 2.25. The van der Waals surface area contributed by atoms with Crippen molar-refractivity contribution < 1.29 is 4.74 Å². The van der Waals surface area contributed by atoms with Crippen LogP contribution in [-0.2, 0) is 6.54 Å². The molecule has 1 aliphatic rings. The molecule has 1 atom stereocenters. The van der Waals surface area contributed by atoms with Gasteiger partial charge in [0.1, 0.15) is 5.75 Å². The maximum absolute atomic E-state index is 8.93. The minimum Gasteiger partial charge on any atom is -0.439 e. The zero-order valence-corrected chi connectivity index (χ0v) is 15.0. The Labute approximate surface area is 149 Å². The molecule has 1 N–H and O–H groups in total. The lowest BCUT2D eigenvalue weighted by Crippen LogP contribution is -2.21. The predicted octanol–water partition coefficient (Wildman–Crippen LogP) is 4.41. The van der Waals surface area contributed by atoms with Crippen molar-refractivity contribution in [1.82, 2.24) is 15.1 Å². The van der Waals surface area contributed by atoms with E-state index in [9.17, 15) is 0 Å². The van der Waals surface area contributed by atoms with Crippen LogP contribution in [0.1, 0.15) is 56.3 Å². The minimum atomic E-state index is 0.319. The first kappa shape index (κ1) is 17.5. The Balaban J connectivity index is 1.84. The molecule has 25 heavy (non-hydrogen) atoms. The highest BCUT2D eigenvalue weighted by molar-refractivity contribution is 5.36. The van der Waals surface area contributed by atoms with Crippen molar-refractivity contribution in [3.05, 3.63) is 41.6 Å². The fourth-order valence-electron chi connectivity index (χ4n) is 3.60. The van der Waals surface area contributed by atoms with E-state index >= 15 is 0 Å². The molecule has 0 aliphatic heterocycles. The Bertz CT molecular complexity index is 723. The lowest BCUT2D eigenvalue weighted by Gasteiger charge is -2.28. The number of ether oxygens (including phenoxy) is 1. The fourth-order valence-corrected chi connectivity index (χ4v) is 3.60. The molecular weight excluding hydrogens is 312 g/mol. The average Bonchev–Trinajstić information content (AvgIpc) is 3.05. The number of nitrogens with zero attached hydrogens (tertiary/aromatic N) is 3. The van der Waals surface area contributed by atoms with E-state index in [4.69, 9.17) is 15.1 Å². The molecule has 0 bridgehead atoms. The van der Waals surface area contributed by atoms with Crippen molar-refractivity contribution >= 4 is 0 Å². The molecule has 3 rings (SSSR count). The molecule has 0 radical (unpaired) electrons. The molecule has 1 unspecified atom stereocenters. The third-order valence-corrected chi connectivity index (χ3v) is 5.03. The van der Waals surface area contributed by atoms with Gasteiger partial charge < -0.3 is 10.1 Å². The zero-order chi connectivity index (χ0) is 17.6. The van der Waals surface area contributed by atoms with Gasteiger partial charge >= 0.3 is 0 Å². The molecule has 1 fully saturated rings. The molecule has 1 aromatic carbocycles. The highest BCUT2D eigenvalue weighted by atomic mass is 16.5. The van der Waals surface area contributed by atoms with Gasteiger partial charge in [0.05, 0.1) is 23.4 Å². The molecule has 5 nitrogen and oxygen atoms in total. The van der Waals surface area contributed by atoms with Gasteiger partial charge in [-0.25, -0.2) is 4.68 Å². The van der Waals surface area contributed by atoms with Crippen LogP contribution in [0.4, 0.5) is 0 Å². The average molecular weight is 338 g/mol. The van der Waals surface area contributed by atoms with E-state index in [2.05, 4.69) is 18.3 Å². The highest BCUT2D eigenvalue weighted by Crippen LogP contribution is 2.35. The summed E-state index contributed by atoms with van der Waals surface area (Å²) in [6.07, 6.45) is 6.50. The van der Waals surface area contributed by atoms with Crippen LogP contribution in [-0.4, -0.2) is 16.8 Å². The van der Waals surface area contributed by atoms with Gasteiger partial charge in [-0.2, -0.15) is 10.4 Å². The Morgan fingerprint density at radius 3 is 2.64 bits per heavy atom. The van der Waals surface area contributed by atoms with Crippen LogP contribution in [0.25, 0.3) is 0 Å². The molecule has 0 amide bonds. The summed E-state index contributed by atoms with van der Waals surface area (Å²) in [6, 6.07) is 11.7. The first-order valence-corrected chi connectivity index (χ1v) is 9.12. The fraction of sp³-hybridized carbons (Fsp3) is 0.500. The second-order valence-corrected chi connectivity index (χ2v) is 6.83. The maximum atomic E-state index is 8.93. The summed E-state index contributed by atoms with van der Waals surface area (Å²) in [6.45, 7) is 2.96. The van der Waals surface area contributed by atoms with Crippen LogP contribution < -0.4 is 10.1 Å². The Hall–Kier alpha value is -2.32. The van der Waals surface area contributed by atoms with Crippen LogP contribution in [0.2, 0.25) is 0 Å². The smallest absolute Gasteiger partial charge is 0.218 e. The summed E-state index contributed by atoms with van der Waals surface area (Å²) in [5, 5.41) is 16.9. The molecule has 1 saturated carbocycles.